The van der Waals surface area contributed by atoms with E-state index in [0.717, 1.165) is 14.2 Å². The van der Waals surface area contributed by atoms with Crippen molar-refractivity contribution in [2.24, 2.45) is 5.73 Å². The number of terminal acetylenes is 1. The number of ether oxygens (including phenoxy) is 2. The number of carbonyl (C=O) groups excluding carboxylic acids is 3. The van der Waals surface area contributed by atoms with E-state index in [9.17, 15) is 19.6 Å². The highest BCUT2D eigenvalue weighted by molar-refractivity contribution is 6.08. The van der Waals surface area contributed by atoms with Crippen LogP contribution in [0.3, 0.4) is 0 Å². The van der Waals surface area contributed by atoms with Crippen LogP contribution in [0.2, 0.25) is 0 Å². The van der Waals surface area contributed by atoms with E-state index in [1.807, 2.05) is 0 Å². The summed E-state index contributed by atoms with van der Waals surface area (Å²) in [6.07, 6.45) is 5.25. The summed E-state index contributed by atoms with van der Waals surface area (Å²) < 4.78 is 10.0. The standard InChI is InChI=1S/C26H22N4O5/c1-4-14-29-24(31)17-12-8-9-13-19(17)30-22(26(33)35-3)21(25(32)34-2)20(18(15-27)23(30)28)16-10-6-5-7-11-16/h1,5-13,20H,14,28H2,2-3H3,(H,29,31). The number of amides is 1. The van der Waals surface area contributed by atoms with Crippen LogP contribution in [0.4, 0.5) is 5.69 Å². The number of benzene rings is 2. The van der Waals surface area contributed by atoms with Crippen molar-refractivity contribution < 1.29 is 23.9 Å². The summed E-state index contributed by atoms with van der Waals surface area (Å²) in [5.41, 5.74) is 6.81. The highest BCUT2D eigenvalue weighted by Gasteiger charge is 2.43. The Morgan fingerprint density at radius 2 is 1.69 bits per heavy atom. The number of nitrogens with two attached hydrogens (primary N) is 1. The van der Waals surface area contributed by atoms with Gasteiger partial charge in [-0.05, 0) is 17.7 Å². The molecule has 0 spiro atoms. The van der Waals surface area contributed by atoms with E-state index in [1.165, 1.54) is 17.0 Å². The molecule has 1 aliphatic heterocycles. The Labute approximate surface area is 202 Å². The molecule has 0 radical (unpaired) electrons. The van der Waals surface area contributed by atoms with E-state index in [1.54, 1.807) is 42.5 Å². The van der Waals surface area contributed by atoms with Gasteiger partial charge in [-0.2, -0.15) is 5.26 Å². The molecule has 176 valence electrons. The van der Waals surface area contributed by atoms with Crippen LogP contribution in [0.15, 0.2) is 77.3 Å². The Morgan fingerprint density at radius 1 is 1.06 bits per heavy atom. The van der Waals surface area contributed by atoms with Crippen molar-refractivity contribution in [1.82, 2.24) is 5.32 Å². The third-order valence-corrected chi connectivity index (χ3v) is 5.35. The van der Waals surface area contributed by atoms with E-state index in [-0.39, 0.29) is 40.5 Å². The molecule has 0 saturated heterocycles. The summed E-state index contributed by atoms with van der Waals surface area (Å²) >= 11 is 0. The molecule has 1 atom stereocenters. The normalized spacial score (nSPS) is 15.1. The average Bonchev–Trinajstić information content (AvgIpc) is 2.90. The Morgan fingerprint density at radius 3 is 2.29 bits per heavy atom. The minimum atomic E-state index is -1.01. The van der Waals surface area contributed by atoms with E-state index < -0.39 is 23.8 Å². The molecule has 0 aliphatic carbocycles. The van der Waals surface area contributed by atoms with Gasteiger partial charge in [0.25, 0.3) is 5.91 Å². The molecule has 1 amide bonds. The molecule has 0 fully saturated rings. The number of carbonyl (C=O) groups is 3. The molecule has 35 heavy (non-hydrogen) atoms. The molecule has 1 aliphatic rings. The van der Waals surface area contributed by atoms with Gasteiger partial charge in [0, 0.05) is 0 Å². The molecule has 0 saturated carbocycles. The number of rotatable bonds is 6. The smallest absolute Gasteiger partial charge is 0.355 e. The number of hydrogen-bond donors (Lipinski definition) is 2. The number of hydrogen-bond acceptors (Lipinski definition) is 8. The summed E-state index contributed by atoms with van der Waals surface area (Å²) in [4.78, 5) is 40.2. The minimum Gasteiger partial charge on any atom is -0.466 e. The zero-order chi connectivity index (χ0) is 25.5. The van der Waals surface area contributed by atoms with Crippen LogP contribution in [-0.4, -0.2) is 38.6 Å². The number of anilines is 1. The number of para-hydroxylation sites is 1. The molecule has 2 aromatic carbocycles. The van der Waals surface area contributed by atoms with Gasteiger partial charge in [-0.15, -0.1) is 6.42 Å². The van der Waals surface area contributed by atoms with Crippen LogP contribution in [0.1, 0.15) is 21.8 Å². The van der Waals surface area contributed by atoms with Gasteiger partial charge >= 0.3 is 11.9 Å². The molecule has 0 aromatic heterocycles. The Balaban J connectivity index is 2.40. The molecule has 2 aromatic rings. The van der Waals surface area contributed by atoms with Gasteiger partial charge in [0.15, 0.2) is 0 Å². The fourth-order valence-electron chi connectivity index (χ4n) is 3.85. The first-order valence-electron chi connectivity index (χ1n) is 10.4. The van der Waals surface area contributed by atoms with Gasteiger partial charge in [0.2, 0.25) is 0 Å². The molecular formula is C26H22N4O5. The number of esters is 2. The van der Waals surface area contributed by atoms with Crippen molar-refractivity contribution in [2.45, 2.75) is 5.92 Å². The van der Waals surface area contributed by atoms with Crippen molar-refractivity contribution in [3.63, 3.8) is 0 Å². The summed E-state index contributed by atoms with van der Waals surface area (Å²) in [5.74, 6) is -1.16. The maximum Gasteiger partial charge on any atom is 0.355 e. The highest BCUT2D eigenvalue weighted by atomic mass is 16.5. The van der Waals surface area contributed by atoms with Gasteiger partial charge in [0.05, 0.1) is 55.1 Å². The molecule has 3 N–H and O–H groups in total. The lowest BCUT2D eigenvalue weighted by Crippen LogP contribution is -2.41. The lowest BCUT2D eigenvalue weighted by molar-refractivity contribution is -0.139. The quantitative estimate of drug-likeness (QED) is 0.483. The maximum atomic E-state index is 13.1. The van der Waals surface area contributed by atoms with E-state index >= 15 is 0 Å². The fraction of sp³-hybridized carbons (Fsp3) is 0.154. The molecule has 1 unspecified atom stereocenters. The van der Waals surface area contributed by atoms with Crippen molar-refractivity contribution >= 4 is 23.5 Å². The third-order valence-electron chi connectivity index (χ3n) is 5.35. The summed E-state index contributed by atoms with van der Waals surface area (Å²) in [7, 11) is 2.30. The maximum absolute atomic E-state index is 13.1. The van der Waals surface area contributed by atoms with Crippen LogP contribution < -0.4 is 16.0 Å². The Kier molecular flexibility index (Phi) is 7.55. The lowest BCUT2D eigenvalue weighted by atomic mass is 9.80. The summed E-state index contributed by atoms with van der Waals surface area (Å²) in [6, 6.07) is 16.9. The Bertz CT molecular complexity index is 1320. The molecular weight excluding hydrogens is 448 g/mol. The second-order valence-corrected chi connectivity index (χ2v) is 7.24. The van der Waals surface area contributed by atoms with Crippen LogP contribution in [0.5, 0.6) is 0 Å². The number of nitriles is 1. The first kappa shape index (κ1) is 24.6. The van der Waals surface area contributed by atoms with Gasteiger partial charge in [-0.25, -0.2) is 9.59 Å². The molecule has 3 rings (SSSR count). The van der Waals surface area contributed by atoms with E-state index in [0.29, 0.717) is 5.56 Å². The number of allylic oxidation sites excluding steroid dienone is 1. The first-order chi connectivity index (χ1) is 16.9. The van der Waals surface area contributed by atoms with Crippen LogP contribution >= 0.6 is 0 Å². The van der Waals surface area contributed by atoms with Crippen molar-refractivity contribution in [3.8, 4) is 18.4 Å². The monoisotopic (exact) mass is 470 g/mol. The zero-order valence-corrected chi connectivity index (χ0v) is 19.1. The predicted octanol–water partition coefficient (Wildman–Crippen LogP) is 1.95. The molecule has 9 heteroatoms. The van der Waals surface area contributed by atoms with Crippen molar-refractivity contribution in [1.29, 1.82) is 5.26 Å². The fourth-order valence-corrected chi connectivity index (χ4v) is 3.85. The zero-order valence-electron chi connectivity index (χ0n) is 19.1. The van der Waals surface area contributed by atoms with Crippen molar-refractivity contribution in [2.75, 3.05) is 25.7 Å². The molecule has 0 bridgehead atoms. The topological polar surface area (TPSA) is 135 Å². The van der Waals surface area contributed by atoms with Crippen LogP contribution in [-0.2, 0) is 19.1 Å². The summed E-state index contributed by atoms with van der Waals surface area (Å²) in [5, 5.41) is 12.7. The average molecular weight is 470 g/mol. The highest BCUT2D eigenvalue weighted by Crippen LogP contribution is 2.43. The van der Waals surface area contributed by atoms with Gasteiger partial charge < -0.3 is 20.5 Å². The van der Waals surface area contributed by atoms with Crippen LogP contribution in [0, 0.1) is 23.7 Å². The number of methoxy groups -OCH3 is 2. The second-order valence-electron chi connectivity index (χ2n) is 7.24. The van der Waals surface area contributed by atoms with Crippen LogP contribution in [0.25, 0.3) is 0 Å². The first-order valence-corrected chi connectivity index (χ1v) is 10.4. The second kappa shape index (κ2) is 10.7. The van der Waals surface area contributed by atoms with E-state index in [4.69, 9.17) is 21.6 Å². The molecule has 1 heterocycles. The minimum absolute atomic E-state index is 0.0110. The number of nitrogens with zero attached hydrogens (tertiary/aromatic N) is 2. The SMILES string of the molecule is C#CCNC(=O)c1ccccc1N1C(N)=C(C#N)C(c2ccccc2)C(C(=O)OC)=C1C(=O)OC. The predicted molar refractivity (Wildman–Crippen MR) is 127 cm³/mol. The lowest BCUT2D eigenvalue weighted by Gasteiger charge is -2.36. The van der Waals surface area contributed by atoms with Gasteiger partial charge in [-0.1, -0.05) is 48.4 Å². The summed E-state index contributed by atoms with van der Waals surface area (Å²) in [6.45, 7) is -0.0366. The Hall–Kier alpha value is -5.02. The van der Waals surface area contributed by atoms with Crippen molar-refractivity contribution in [3.05, 3.63) is 88.4 Å². The van der Waals surface area contributed by atoms with Gasteiger partial charge in [0.1, 0.15) is 11.5 Å². The molecule has 9 nitrogen and oxygen atoms in total. The van der Waals surface area contributed by atoms with Gasteiger partial charge in [-0.3, -0.25) is 9.69 Å². The van der Waals surface area contributed by atoms with E-state index in [2.05, 4.69) is 17.3 Å². The third kappa shape index (κ3) is 4.56. The largest absolute Gasteiger partial charge is 0.466 e. The number of nitrogens with one attached hydrogen (secondary N) is 1.